The Bertz CT molecular complexity index is 252. The monoisotopic (exact) mass is 273 g/mol. The summed E-state index contributed by atoms with van der Waals surface area (Å²) in [6, 6.07) is 0.212. The summed E-state index contributed by atoms with van der Waals surface area (Å²) in [5, 5.41) is 13.3. The fourth-order valence-electron chi connectivity index (χ4n) is 2.49. The van der Waals surface area contributed by atoms with E-state index in [0.717, 1.165) is 43.6 Å². The minimum atomic E-state index is -0.736. The first-order valence-electron chi connectivity index (χ1n) is 7.15. The standard InChI is InChI=1S/C14H27NO2S/c1-3-18-10-7-12(2)15-13(16)11-14(17)8-5-4-6-9-14/h12,17H,3-11H2,1-2H3,(H,15,16). The van der Waals surface area contributed by atoms with E-state index in [9.17, 15) is 9.90 Å². The van der Waals surface area contributed by atoms with Crippen LogP contribution in [0, 0.1) is 0 Å². The SMILES string of the molecule is CCSCCC(C)NC(=O)CC1(O)CCCCC1. The molecule has 1 atom stereocenters. The molecule has 0 saturated heterocycles. The molecule has 1 unspecified atom stereocenters. The Hall–Kier alpha value is -0.220. The molecule has 1 aliphatic rings. The van der Waals surface area contributed by atoms with E-state index in [-0.39, 0.29) is 18.4 Å². The van der Waals surface area contributed by atoms with Gasteiger partial charge in [0.1, 0.15) is 0 Å². The first kappa shape index (κ1) is 15.8. The number of aliphatic hydroxyl groups is 1. The number of nitrogens with one attached hydrogen (secondary N) is 1. The van der Waals surface area contributed by atoms with Crippen molar-refractivity contribution in [2.75, 3.05) is 11.5 Å². The van der Waals surface area contributed by atoms with Crippen LogP contribution >= 0.6 is 11.8 Å². The number of carbonyl (C=O) groups excluding carboxylic acids is 1. The highest BCUT2D eigenvalue weighted by molar-refractivity contribution is 7.99. The van der Waals surface area contributed by atoms with Crippen LogP contribution in [0.1, 0.15) is 58.8 Å². The second-order valence-corrected chi connectivity index (χ2v) is 6.81. The molecular formula is C14H27NO2S. The van der Waals surface area contributed by atoms with Crippen LogP contribution in [0.5, 0.6) is 0 Å². The van der Waals surface area contributed by atoms with Gasteiger partial charge in [-0.05, 0) is 37.7 Å². The number of hydrogen-bond donors (Lipinski definition) is 2. The number of hydrogen-bond acceptors (Lipinski definition) is 3. The zero-order valence-electron chi connectivity index (χ0n) is 11.7. The summed E-state index contributed by atoms with van der Waals surface area (Å²) in [6.07, 6.45) is 6.12. The summed E-state index contributed by atoms with van der Waals surface area (Å²) < 4.78 is 0. The molecule has 0 aromatic carbocycles. The molecule has 1 rings (SSSR count). The van der Waals surface area contributed by atoms with Gasteiger partial charge in [-0.15, -0.1) is 0 Å². The van der Waals surface area contributed by atoms with Crippen LogP contribution in [-0.4, -0.2) is 34.2 Å². The molecule has 1 fully saturated rings. The van der Waals surface area contributed by atoms with Crippen LogP contribution in [0.4, 0.5) is 0 Å². The van der Waals surface area contributed by atoms with Gasteiger partial charge < -0.3 is 10.4 Å². The van der Waals surface area contributed by atoms with Gasteiger partial charge in [0, 0.05) is 6.04 Å². The number of amides is 1. The van der Waals surface area contributed by atoms with Crippen molar-refractivity contribution < 1.29 is 9.90 Å². The van der Waals surface area contributed by atoms with Crippen LogP contribution in [0.15, 0.2) is 0 Å². The van der Waals surface area contributed by atoms with Crippen molar-refractivity contribution in [2.45, 2.75) is 70.4 Å². The van der Waals surface area contributed by atoms with Crippen molar-refractivity contribution >= 4 is 17.7 Å². The maximum atomic E-state index is 11.9. The highest BCUT2D eigenvalue weighted by Gasteiger charge is 2.31. The summed E-state index contributed by atoms with van der Waals surface area (Å²) in [5.74, 6) is 2.22. The summed E-state index contributed by atoms with van der Waals surface area (Å²) in [4.78, 5) is 11.9. The molecule has 1 saturated carbocycles. The van der Waals surface area contributed by atoms with Crippen LogP contribution in [0.2, 0.25) is 0 Å². The smallest absolute Gasteiger partial charge is 0.223 e. The Balaban J connectivity index is 2.23. The molecule has 4 heteroatoms. The van der Waals surface area contributed by atoms with Crippen LogP contribution in [-0.2, 0) is 4.79 Å². The Morgan fingerprint density at radius 2 is 2.06 bits per heavy atom. The van der Waals surface area contributed by atoms with Crippen LogP contribution < -0.4 is 5.32 Å². The zero-order valence-corrected chi connectivity index (χ0v) is 12.5. The third-order valence-electron chi connectivity index (χ3n) is 3.58. The summed E-state index contributed by atoms with van der Waals surface area (Å²) in [7, 11) is 0. The van der Waals surface area contributed by atoms with E-state index in [1.54, 1.807) is 0 Å². The fraction of sp³-hybridized carbons (Fsp3) is 0.929. The summed E-state index contributed by atoms with van der Waals surface area (Å²) >= 11 is 1.90. The second kappa shape index (κ2) is 8.05. The molecule has 3 nitrogen and oxygen atoms in total. The highest BCUT2D eigenvalue weighted by Crippen LogP contribution is 2.30. The predicted octanol–water partition coefficient (Wildman–Crippen LogP) is 2.72. The van der Waals surface area contributed by atoms with Crippen molar-refractivity contribution in [3.05, 3.63) is 0 Å². The lowest BCUT2D eigenvalue weighted by Gasteiger charge is -2.31. The molecule has 0 aromatic heterocycles. The summed E-state index contributed by atoms with van der Waals surface area (Å²) in [6.45, 7) is 4.19. The van der Waals surface area contributed by atoms with Gasteiger partial charge in [-0.3, -0.25) is 4.79 Å². The fourth-order valence-corrected chi connectivity index (χ4v) is 3.30. The third-order valence-corrected chi connectivity index (χ3v) is 4.51. The van der Waals surface area contributed by atoms with E-state index in [2.05, 4.69) is 12.2 Å². The van der Waals surface area contributed by atoms with E-state index in [0.29, 0.717) is 0 Å². The van der Waals surface area contributed by atoms with Gasteiger partial charge >= 0.3 is 0 Å². The Kier molecular flexibility index (Phi) is 7.08. The van der Waals surface area contributed by atoms with Gasteiger partial charge in [0.15, 0.2) is 0 Å². The molecule has 0 bridgehead atoms. The quantitative estimate of drug-likeness (QED) is 0.701. The van der Waals surface area contributed by atoms with E-state index in [1.807, 2.05) is 18.7 Å². The molecule has 1 amide bonds. The lowest BCUT2D eigenvalue weighted by Crippen LogP contribution is -2.41. The van der Waals surface area contributed by atoms with Crippen molar-refractivity contribution in [3.8, 4) is 0 Å². The second-order valence-electron chi connectivity index (χ2n) is 5.42. The van der Waals surface area contributed by atoms with Crippen molar-refractivity contribution in [1.29, 1.82) is 0 Å². The minimum Gasteiger partial charge on any atom is -0.389 e. The number of rotatable bonds is 7. The zero-order chi connectivity index (χ0) is 13.4. The Morgan fingerprint density at radius 1 is 1.39 bits per heavy atom. The van der Waals surface area contributed by atoms with Crippen molar-refractivity contribution in [2.24, 2.45) is 0 Å². The molecule has 106 valence electrons. The molecule has 0 aromatic rings. The maximum Gasteiger partial charge on any atom is 0.223 e. The average Bonchev–Trinajstić information content (AvgIpc) is 2.29. The predicted molar refractivity (Wildman–Crippen MR) is 77.9 cm³/mol. The van der Waals surface area contributed by atoms with Gasteiger partial charge in [-0.2, -0.15) is 11.8 Å². The number of carbonyl (C=O) groups is 1. The van der Waals surface area contributed by atoms with Gasteiger partial charge in [-0.1, -0.05) is 26.2 Å². The first-order valence-corrected chi connectivity index (χ1v) is 8.31. The summed E-state index contributed by atoms with van der Waals surface area (Å²) in [5.41, 5.74) is -0.736. The third kappa shape index (κ3) is 6.10. The van der Waals surface area contributed by atoms with E-state index >= 15 is 0 Å². The topological polar surface area (TPSA) is 49.3 Å². The Labute approximate surface area is 115 Å². The molecule has 0 heterocycles. The van der Waals surface area contributed by atoms with Crippen LogP contribution in [0.25, 0.3) is 0 Å². The normalized spacial score (nSPS) is 20.4. The first-order chi connectivity index (χ1) is 8.56. The van der Waals surface area contributed by atoms with E-state index < -0.39 is 5.60 Å². The van der Waals surface area contributed by atoms with E-state index in [4.69, 9.17) is 0 Å². The van der Waals surface area contributed by atoms with Gasteiger partial charge in [0.25, 0.3) is 0 Å². The molecule has 2 N–H and O–H groups in total. The minimum absolute atomic E-state index is 0.00778. The molecule has 1 aliphatic carbocycles. The maximum absolute atomic E-state index is 11.9. The van der Waals surface area contributed by atoms with Gasteiger partial charge in [0.05, 0.1) is 12.0 Å². The van der Waals surface area contributed by atoms with E-state index in [1.165, 1.54) is 6.42 Å². The molecule has 0 radical (unpaired) electrons. The molecule has 18 heavy (non-hydrogen) atoms. The lowest BCUT2D eigenvalue weighted by molar-refractivity contribution is -0.128. The average molecular weight is 273 g/mol. The molecular weight excluding hydrogens is 246 g/mol. The van der Waals surface area contributed by atoms with Gasteiger partial charge in [0.2, 0.25) is 5.91 Å². The highest BCUT2D eigenvalue weighted by atomic mass is 32.2. The molecule has 0 aliphatic heterocycles. The molecule has 0 spiro atoms. The largest absolute Gasteiger partial charge is 0.389 e. The number of thioether (sulfide) groups is 1. The van der Waals surface area contributed by atoms with Crippen molar-refractivity contribution in [3.63, 3.8) is 0 Å². The van der Waals surface area contributed by atoms with Gasteiger partial charge in [-0.25, -0.2) is 0 Å². The van der Waals surface area contributed by atoms with Crippen molar-refractivity contribution in [1.82, 2.24) is 5.32 Å². The Morgan fingerprint density at radius 3 is 2.67 bits per heavy atom. The van der Waals surface area contributed by atoms with Crippen LogP contribution in [0.3, 0.4) is 0 Å². The lowest BCUT2D eigenvalue weighted by atomic mass is 9.82.